The number of benzene rings is 2. The number of ketones is 1. The van der Waals surface area contributed by atoms with Gasteiger partial charge in [-0.05, 0) is 61.4 Å². The van der Waals surface area contributed by atoms with Gasteiger partial charge in [0.1, 0.15) is 12.2 Å². The summed E-state index contributed by atoms with van der Waals surface area (Å²) in [5.74, 6) is 0.683. The van der Waals surface area contributed by atoms with Crippen molar-refractivity contribution in [2.45, 2.75) is 63.6 Å². The second-order valence-corrected chi connectivity index (χ2v) is 10.0. The predicted molar refractivity (Wildman–Crippen MR) is 138 cm³/mol. The van der Waals surface area contributed by atoms with Crippen molar-refractivity contribution in [2.24, 2.45) is 0 Å². The van der Waals surface area contributed by atoms with E-state index in [1.54, 1.807) is 20.2 Å². The molecule has 0 amide bonds. The molecule has 2 aromatic rings. The standard InChI is InChI=1S/C30H35NO6/c1-3-35-29(33)24-19-31-25(17-26(24)32)23-16-28(37-20-21-9-5-4-6-10-21)27(36-14-8-13-34-2)15-22(23)18-30(31)11-7-12-30/h4-6,9-10,15-16,19,25H,3,7-8,11-14,17-18,20H2,1-2H3. The minimum atomic E-state index is -0.530. The van der Waals surface area contributed by atoms with E-state index >= 15 is 0 Å². The Morgan fingerprint density at radius 2 is 1.86 bits per heavy atom. The third kappa shape index (κ3) is 5.10. The van der Waals surface area contributed by atoms with Crippen LogP contribution in [0.3, 0.4) is 0 Å². The number of fused-ring (bicyclic) bond motifs is 4. The zero-order chi connectivity index (χ0) is 25.8. The highest BCUT2D eigenvalue weighted by Gasteiger charge is 2.51. The number of methoxy groups -OCH3 is 1. The second kappa shape index (κ2) is 11.0. The average molecular weight is 506 g/mol. The molecular formula is C30H35NO6. The molecule has 5 rings (SSSR count). The molecule has 0 bridgehead atoms. The van der Waals surface area contributed by atoms with Gasteiger partial charge < -0.3 is 23.8 Å². The molecule has 0 N–H and O–H groups in total. The number of rotatable bonds is 10. The van der Waals surface area contributed by atoms with Crippen LogP contribution in [0.1, 0.15) is 61.8 Å². The van der Waals surface area contributed by atoms with E-state index < -0.39 is 5.97 Å². The number of hydrogen-bond acceptors (Lipinski definition) is 7. The maximum absolute atomic E-state index is 13.1. The maximum Gasteiger partial charge on any atom is 0.343 e. The van der Waals surface area contributed by atoms with Gasteiger partial charge in [-0.1, -0.05) is 30.3 Å². The molecule has 2 heterocycles. The Hall–Kier alpha value is -3.32. The van der Waals surface area contributed by atoms with Gasteiger partial charge in [0.25, 0.3) is 0 Å². The van der Waals surface area contributed by atoms with Crippen molar-refractivity contribution in [1.29, 1.82) is 0 Å². The van der Waals surface area contributed by atoms with Gasteiger partial charge in [-0.2, -0.15) is 0 Å². The second-order valence-electron chi connectivity index (χ2n) is 10.0. The van der Waals surface area contributed by atoms with Crippen LogP contribution < -0.4 is 9.47 Å². The lowest BCUT2D eigenvalue weighted by molar-refractivity contribution is -0.141. The number of nitrogens with zero attached hydrogens (tertiary/aromatic N) is 1. The van der Waals surface area contributed by atoms with Crippen LogP contribution in [0.5, 0.6) is 11.5 Å². The van der Waals surface area contributed by atoms with Crippen LogP contribution in [0.4, 0.5) is 0 Å². The number of esters is 1. The van der Waals surface area contributed by atoms with Gasteiger partial charge in [0.15, 0.2) is 17.3 Å². The summed E-state index contributed by atoms with van der Waals surface area (Å²) in [4.78, 5) is 27.9. The van der Waals surface area contributed by atoms with Crippen LogP contribution in [-0.4, -0.2) is 49.1 Å². The highest BCUT2D eigenvalue weighted by atomic mass is 16.5. The van der Waals surface area contributed by atoms with Crippen molar-refractivity contribution in [2.75, 3.05) is 26.9 Å². The fraction of sp³-hybridized carbons (Fsp3) is 0.467. The van der Waals surface area contributed by atoms with E-state index in [4.69, 9.17) is 18.9 Å². The van der Waals surface area contributed by atoms with Crippen molar-refractivity contribution in [3.8, 4) is 11.5 Å². The van der Waals surface area contributed by atoms with Gasteiger partial charge >= 0.3 is 5.97 Å². The summed E-state index contributed by atoms with van der Waals surface area (Å²) in [5, 5.41) is 0. The molecule has 37 heavy (non-hydrogen) atoms. The summed E-state index contributed by atoms with van der Waals surface area (Å²) in [5.41, 5.74) is 3.39. The van der Waals surface area contributed by atoms with Crippen molar-refractivity contribution in [1.82, 2.24) is 4.90 Å². The van der Waals surface area contributed by atoms with Crippen LogP contribution >= 0.6 is 0 Å². The summed E-state index contributed by atoms with van der Waals surface area (Å²) in [6.07, 6.45) is 6.82. The lowest BCUT2D eigenvalue weighted by Gasteiger charge is -2.58. The van der Waals surface area contributed by atoms with Gasteiger partial charge in [-0.25, -0.2) is 4.79 Å². The van der Waals surface area contributed by atoms with Crippen LogP contribution in [0.25, 0.3) is 0 Å². The predicted octanol–water partition coefficient (Wildman–Crippen LogP) is 4.92. The van der Waals surface area contributed by atoms with E-state index in [1.807, 2.05) is 36.4 Å². The van der Waals surface area contributed by atoms with E-state index in [9.17, 15) is 9.59 Å². The Morgan fingerprint density at radius 1 is 1.08 bits per heavy atom. The molecule has 0 aromatic heterocycles. The van der Waals surface area contributed by atoms with Crippen LogP contribution in [0.2, 0.25) is 0 Å². The van der Waals surface area contributed by atoms with Crippen molar-refractivity contribution >= 4 is 11.8 Å². The topological polar surface area (TPSA) is 74.3 Å². The lowest BCUT2D eigenvalue weighted by atomic mass is 9.66. The Labute approximate surface area is 218 Å². The highest BCUT2D eigenvalue weighted by molar-refractivity contribution is 6.17. The first kappa shape index (κ1) is 25.3. The normalized spacial score (nSPS) is 19.4. The minimum absolute atomic E-state index is 0.0875. The summed E-state index contributed by atoms with van der Waals surface area (Å²) in [6, 6.07) is 14.0. The Bertz CT molecular complexity index is 1170. The van der Waals surface area contributed by atoms with Gasteiger partial charge in [-0.15, -0.1) is 0 Å². The minimum Gasteiger partial charge on any atom is -0.490 e. The highest BCUT2D eigenvalue weighted by Crippen LogP contribution is 2.53. The quantitative estimate of drug-likeness (QED) is 0.258. The zero-order valence-electron chi connectivity index (χ0n) is 21.7. The number of ether oxygens (including phenoxy) is 4. The van der Waals surface area contributed by atoms with Crippen molar-refractivity contribution in [3.05, 3.63) is 70.9 Å². The van der Waals surface area contributed by atoms with Gasteiger partial charge in [-0.3, -0.25) is 4.79 Å². The van der Waals surface area contributed by atoms with Crippen LogP contribution in [0, 0.1) is 0 Å². The molecular weight excluding hydrogens is 470 g/mol. The molecule has 7 nitrogen and oxygen atoms in total. The van der Waals surface area contributed by atoms with Crippen molar-refractivity contribution < 1.29 is 28.5 Å². The Kier molecular flexibility index (Phi) is 7.51. The number of carbonyl (C=O) groups is 2. The first-order chi connectivity index (χ1) is 18.0. The molecule has 1 saturated carbocycles. The summed E-state index contributed by atoms with van der Waals surface area (Å²) in [7, 11) is 1.68. The fourth-order valence-electron chi connectivity index (χ4n) is 5.68. The van der Waals surface area contributed by atoms with Gasteiger partial charge in [0, 0.05) is 38.3 Å². The average Bonchev–Trinajstić information content (AvgIpc) is 2.88. The third-order valence-corrected chi connectivity index (χ3v) is 7.68. The molecule has 2 aliphatic heterocycles. The van der Waals surface area contributed by atoms with Gasteiger partial charge in [0.05, 0.1) is 19.3 Å². The van der Waals surface area contributed by atoms with Crippen molar-refractivity contribution in [3.63, 3.8) is 0 Å². The SMILES string of the molecule is CCOC(=O)C1=CN2C(CC1=O)c1cc(OCc3ccccc3)c(OCCCOC)cc1CC21CCC1. The van der Waals surface area contributed by atoms with E-state index in [2.05, 4.69) is 11.0 Å². The molecule has 0 radical (unpaired) electrons. The molecule has 1 spiro atoms. The molecule has 7 heteroatoms. The van der Waals surface area contributed by atoms with Gasteiger partial charge in [0.2, 0.25) is 0 Å². The first-order valence-electron chi connectivity index (χ1n) is 13.2. The molecule has 196 valence electrons. The monoisotopic (exact) mass is 505 g/mol. The summed E-state index contributed by atoms with van der Waals surface area (Å²) in [6.45, 7) is 3.57. The summed E-state index contributed by atoms with van der Waals surface area (Å²) >= 11 is 0. The Morgan fingerprint density at radius 3 is 2.57 bits per heavy atom. The zero-order valence-corrected chi connectivity index (χ0v) is 21.7. The third-order valence-electron chi connectivity index (χ3n) is 7.68. The Balaban J connectivity index is 1.50. The summed E-state index contributed by atoms with van der Waals surface area (Å²) < 4.78 is 22.8. The molecule has 1 unspecified atom stereocenters. The van der Waals surface area contributed by atoms with E-state index in [1.165, 1.54) is 5.56 Å². The molecule has 2 aromatic carbocycles. The van der Waals surface area contributed by atoms with E-state index in [0.29, 0.717) is 25.6 Å². The molecule has 1 aliphatic carbocycles. The molecule has 1 atom stereocenters. The number of carbonyl (C=O) groups excluding carboxylic acids is 2. The van der Waals surface area contributed by atoms with E-state index in [0.717, 1.165) is 49.0 Å². The number of hydrogen-bond donors (Lipinski definition) is 0. The fourth-order valence-corrected chi connectivity index (χ4v) is 5.68. The smallest absolute Gasteiger partial charge is 0.343 e. The molecule has 0 saturated heterocycles. The molecule has 3 aliphatic rings. The largest absolute Gasteiger partial charge is 0.490 e. The van der Waals surface area contributed by atoms with E-state index in [-0.39, 0.29) is 36.0 Å². The lowest BCUT2D eigenvalue weighted by Crippen LogP contribution is -2.58. The number of Topliss-reactive ketones (excluding diaryl/α,β-unsaturated/α-hetero) is 1. The maximum atomic E-state index is 13.1. The first-order valence-corrected chi connectivity index (χ1v) is 13.2. The van der Waals surface area contributed by atoms with Crippen LogP contribution in [0.15, 0.2) is 54.2 Å². The van der Waals surface area contributed by atoms with Crippen LogP contribution in [-0.2, 0) is 32.1 Å². The molecule has 1 fully saturated rings.